The monoisotopic (exact) mass is 388 g/mol. The lowest BCUT2D eigenvalue weighted by Gasteiger charge is -2.69. The second-order valence-corrected chi connectivity index (χ2v) is 8.38. The first-order chi connectivity index (χ1) is 14.0. The summed E-state index contributed by atoms with van der Waals surface area (Å²) in [7, 11) is 0. The number of ether oxygens (including phenoxy) is 1. The number of carbonyl (C=O) groups is 1. The number of amides is 1. The number of nitrogens with zero attached hydrogens (tertiary/aromatic N) is 6. The molecule has 0 radical (unpaired) electrons. The summed E-state index contributed by atoms with van der Waals surface area (Å²) in [5, 5.41) is 14.8. The van der Waals surface area contributed by atoms with Crippen molar-refractivity contribution in [2.24, 2.45) is 15.9 Å². The van der Waals surface area contributed by atoms with Crippen molar-refractivity contribution >= 4 is 12.1 Å². The maximum absolute atomic E-state index is 13.2. The molecule has 2 aromatic rings. The number of carbonyl (C=O) groups excluding carboxylic acids is 1. The Kier molecular flexibility index (Phi) is 3.88. The van der Waals surface area contributed by atoms with Crippen LogP contribution in [-0.4, -0.2) is 38.7 Å². The molecule has 2 aromatic heterocycles. The van der Waals surface area contributed by atoms with E-state index in [4.69, 9.17) is 10.00 Å². The highest BCUT2D eigenvalue weighted by Gasteiger charge is 2.72. The van der Waals surface area contributed by atoms with Gasteiger partial charge in [-0.05, 0) is 37.8 Å². The molecule has 0 N–H and O–H groups in total. The van der Waals surface area contributed by atoms with Crippen molar-refractivity contribution in [2.45, 2.75) is 38.6 Å². The molecule has 3 saturated carbocycles. The molecule has 0 aromatic carbocycles. The fourth-order valence-electron chi connectivity index (χ4n) is 4.86. The standard InChI is InChI=1S/C21H20N6O2/c1-14-2-3-15(7-23-14)17-4-5-26-27(17)19(28)21-10-20(11-21,12-21)13-29-18-9-24-16(6-22)8-25-18/h2-3,5,7-9,17H,4,10-13H2,1H3. The molecule has 3 aliphatic carbocycles. The Bertz CT molecular complexity index is 1000. The molecule has 0 saturated heterocycles. The van der Waals surface area contributed by atoms with Gasteiger partial charge in [-0.2, -0.15) is 10.4 Å². The van der Waals surface area contributed by atoms with E-state index in [0.717, 1.165) is 36.9 Å². The van der Waals surface area contributed by atoms with Gasteiger partial charge in [-0.3, -0.25) is 9.78 Å². The zero-order chi connectivity index (χ0) is 20.1. The predicted octanol–water partition coefficient (Wildman–Crippen LogP) is 2.56. The van der Waals surface area contributed by atoms with E-state index in [0.29, 0.717) is 12.5 Å². The highest BCUT2D eigenvalue weighted by Crippen LogP contribution is 2.74. The maximum Gasteiger partial charge on any atom is 0.249 e. The second-order valence-electron chi connectivity index (χ2n) is 8.38. The minimum absolute atomic E-state index is 0.0373. The third kappa shape index (κ3) is 2.85. The molecule has 8 heteroatoms. The van der Waals surface area contributed by atoms with Crippen LogP contribution in [-0.2, 0) is 4.79 Å². The van der Waals surface area contributed by atoms with E-state index in [1.165, 1.54) is 12.4 Å². The van der Waals surface area contributed by atoms with Crippen LogP contribution in [0.3, 0.4) is 0 Å². The molecular formula is C21H20N6O2. The Balaban J connectivity index is 1.20. The largest absolute Gasteiger partial charge is 0.476 e. The molecule has 8 nitrogen and oxygen atoms in total. The molecule has 2 bridgehead atoms. The minimum atomic E-state index is -0.308. The van der Waals surface area contributed by atoms with E-state index in [-0.39, 0.29) is 28.5 Å². The zero-order valence-corrected chi connectivity index (χ0v) is 16.1. The van der Waals surface area contributed by atoms with Gasteiger partial charge in [0.25, 0.3) is 0 Å². The number of nitriles is 1. The zero-order valence-electron chi connectivity index (χ0n) is 16.1. The Morgan fingerprint density at radius 1 is 1.24 bits per heavy atom. The molecule has 146 valence electrons. The highest BCUT2D eigenvalue weighted by atomic mass is 16.5. The topological polar surface area (TPSA) is 104 Å². The Morgan fingerprint density at radius 2 is 2.07 bits per heavy atom. The first-order valence-corrected chi connectivity index (χ1v) is 9.66. The number of pyridine rings is 1. The van der Waals surface area contributed by atoms with E-state index < -0.39 is 0 Å². The van der Waals surface area contributed by atoms with Crippen molar-refractivity contribution < 1.29 is 9.53 Å². The van der Waals surface area contributed by atoms with E-state index >= 15 is 0 Å². The summed E-state index contributed by atoms with van der Waals surface area (Å²) >= 11 is 0. The highest BCUT2D eigenvalue weighted by molar-refractivity contribution is 5.88. The van der Waals surface area contributed by atoms with E-state index in [2.05, 4.69) is 20.1 Å². The van der Waals surface area contributed by atoms with Crippen LogP contribution >= 0.6 is 0 Å². The fraction of sp³-hybridized carbons (Fsp3) is 0.429. The van der Waals surface area contributed by atoms with Crippen molar-refractivity contribution in [3.63, 3.8) is 0 Å². The lowest BCUT2D eigenvalue weighted by Crippen LogP contribution is -2.69. The smallest absolute Gasteiger partial charge is 0.249 e. The first-order valence-electron chi connectivity index (χ1n) is 9.66. The molecule has 0 spiro atoms. The molecule has 3 fully saturated rings. The van der Waals surface area contributed by atoms with Crippen molar-refractivity contribution in [1.82, 2.24) is 20.0 Å². The average molecular weight is 388 g/mol. The molecule has 29 heavy (non-hydrogen) atoms. The van der Waals surface area contributed by atoms with Gasteiger partial charge in [-0.15, -0.1) is 0 Å². The lowest BCUT2D eigenvalue weighted by atomic mass is 9.35. The van der Waals surface area contributed by atoms with Crippen LogP contribution in [0.1, 0.15) is 48.7 Å². The predicted molar refractivity (Wildman–Crippen MR) is 103 cm³/mol. The van der Waals surface area contributed by atoms with Crippen molar-refractivity contribution in [3.05, 3.63) is 47.7 Å². The number of aryl methyl sites for hydroxylation is 1. The Hall–Kier alpha value is -3.34. The van der Waals surface area contributed by atoms with Gasteiger partial charge in [-0.1, -0.05) is 6.07 Å². The normalized spacial score (nSPS) is 29.0. The van der Waals surface area contributed by atoms with Gasteiger partial charge >= 0.3 is 0 Å². The summed E-state index contributed by atoms with van der Waals surface area (Å²) in [5.74, 6) is 0.516. The third-order valence-corrected chi connectivity index (χ3v) is 6.22. The van der Waals surface area contributed by atoms with Crippen LogP contribution in [0, 0.1) is 29.1 Å². The summed E-state index contributed by atoms with van der Waals surface area (Å²) in [6, 6.07) is 5.86. The van der Waals surface area contributed by atoms with Gasteiger partial charge in [0, 0.05) is 29.9 Å². The Morgan fingerprint density at radius 3 is 2.72 bits per heavy atom. The summed E-state index contributed by atoms with van der Waals surface area (Å²) < 4.78 is 5.76. The van der Waals surface area contributed by atoms with E-state index in [1.54, 1.807) is 5.01 Å². The molecule has 1 unspecified atom stereocenters. The molecule has 6 rings (SSSR count). The summed E-state index contributed by atoms with van der Waals surface area (Å²) in [4.78, 5) is 25.6. The molecule has 4 aliphatic rings. The van der Waals surface area contributed by atoms with Gasteiger partial charge in [-0.25, -0.2) is 15.0 Å². The van der Waals surface area contributed by atoms with E-state index in [9.17, 15) is 4.79 Å². The maximum atomic E-state index is 13.2. The average Bonchev–Trinajstić information content (AvgIpc) is 3.16. The lowest BCUT2D eigenvalue weighted by molar-refractivity contribution is -0.227. The number of hydrazone groups is 1. The Labute approximate surface area is 168 Å². The van der Waals surface area contributed by atoms with Crippen LogP contribution in [0.2, 0.25) is 0 Å². The van der Waals surface area contributed by atoms with E-state index in [1.807, 2.05) is 37.5 Å². The first kappa shape index (κ1) is 17.7. The quantitative estimate of drug-likeness (QED) is 0.780. The number of hydrogen-bond acceptors (Lipinski definition) is 7. The van der Waals surface area contributed by atoms with Gasteiger partial charge in [0.05, 0.1) is 30.5 Å². The third-order valence-electron chi connectivity index (χ3n) is 6.22. The van der Waals surface area contributed by atoms with Crippen LogP contribution in [0.4, 0.5) is 0 Å². The van der Waals surface area contributed by atoms with Gasteiger partial charge in [0.1, 0.15) is 6.07 Å². The summed E-state index contributed by atoms with van der Waals surface area (Å²) in [6.07, 6.45) is 9.67. The molecule has 1 atom stereocenters. The van der Waals surface area contributed by atoms with Gasteiger partial charge < -0.3 is 4.74 Å². The minimum Gasteiger partial charge on any atom is -0.476 e. The number of aromatic nitrogens is 3. The second kappa shape index (κ2) is 6.34. The van der Waals surface area contributed by atoms with Crippen LogP contribution in [0.25, 0.3) is 0 Å². The molecule has 1 aliphatic heterocycles. The summed E-state index contributed by atoms with van der Waals surface area (Å²) in [5.41, 5.74) is 1.97. The number of rotatable bonds is 5. The molecular weight excluding hydrogens is 368 g/mol. The summed E-state index contributed by atoms with van der Waals surface area (Å²) in [6.45, 7) is 2.46. The van der Waals surface area contributed by atoms with Crippen molar-refractivity contribution in [3.8, 4) is 11.9 Å². The SMILES string of the molecule is Cc1ccc(C2CC=NN2C(=O)C23CC(COc4cnc(C#N)cn4)(C2)C3)cn1. The number of hydrogen-bond donors (Lipinski definition) is 0. The van der Waals surface area contributed by atoms with Crippen LogP contribution in [0.5, 0.6) is 5.88 Å². The van der Waals surface area contributed by atoms with Crippen LogP contribution in [0.15, 0.2) is 35.8 Å². The van der Waals surface area contributed by atoms with Crippen molar-refractivity contribution in [2.75, 3.05) is 6.61 Å². The van der Waals surface area contributed by atoms with Crippen LogP contribution < -0.4 is 4.74 Å². The fourth-order valence-corrected chi connectivity index (χ4v) is 4.86. The van der Waals surface area contributed by atoms with Crippen molar-refractivity contribution in [1.29, 1.82) is 5.26 Å². The molecule has 3 heterocycles. The van der Waals surface area contributed by atoms with Gasteiger partial charge in [0.15, 0.2) is 5.69 Å². The van der Waals surface area contributed by atoms with Gasteiger partial charge in [0.2, 0.25) is 11.8 Å². The molecule has 1 amide bonds.